The molecule has 1 unspecified atom stereocenters. The smallest absolute Gasteiger partial charge is 0.256 e. The number of anilines is 2. The van der Waals surface area contributed by atoms with Crippen LogP contribution in [0.4, 0.5) is 10.8 Å². The molecule has 1 atom stereocenters. The Balaban J connectivity index is 1.59. The van der Waals surface area contributed by atoms with Crippen LogP contribution < -0.4 is 10.6 Å². The van der Waals surface area contributed by atoms with E-state index in [-0.39, 0.29) is 11.9 Å². The Hall–Kier alpha value is -3.44. The fraction of sp³-hybridized carbons (Fsp3) is 0.185. The molecule has 2 heterocycles. The van der Waals surface area contributed by atoms with Crippen LogP contribution >= 0.6 is 11.3 Å². The Morgan fingerprint density at radius 1 is 0.875 bits per heavy atom. The lowest BCUT2D eigenvalue weighted by atomic mass is 9.89. The van der Waals surface area contributed by atoms with Gasteiger partial charge in [-0.2, -0.15) is 0 Å². The van der Waals surface area contributed by atoms with Gasteiger partial charge in [-0.1, -0.05) is 54.6 Å². The lowest BCUT2D eigenvalue weighted by molar-refractivity contribution is 0.102. The number of carbonyl (C=O) groups excluding carboxylic acids is 1. The highest BCUT2D eigenvalue weighted by atomic mass is 32.1. The van der Waals surface area contributed by atoms with Crippen LogP contribution in [0.25, 0.3) is 0 Å². The number of nitrogens with zero attached hydrogens (tertiary/aromatic N) is 1. The molecule has 0 bridgehead atoms. The minimum atomic E-state index is -0.102. The molecule has 1 aliphatic carbocycles. The third-order valence-electron chi connectivity index (χ3n) is 5.85. The lowest BCUT2D eigenvalue weighted by Crippen LogP contribution is -2.18. The molecule has 2 aromatic heterocycles. The van der Waals surface area contributed by atoms with Crippen molar-refractivity contribution in [3.8, 4) is 0 Å². The van der Waals surface area contributed by atoms with E-state index in [2.05, 4.69) is 39.9 Å². The number of rotatable bonds is 6. The first-order chi connectivity index (χ1) is 15.8. The molecule has 0 saturated heterocycles. The number of carbonyl (C=O) groups is 1. The maximum atomic E-state index is 13.1. The van der Waals surface area contributed by atoms with Gasteiger partial charge in [-0.25, -0.2) is 4.98 Å². The third kappa shape index (κ3) is 4.30. The molecular formula is C27H25N3OS. The average Bonchev–Trinajstić information content (AvgIpc) is 3.22. The van der Waals surface area contributed by atoms with Crippen LogP contribution in [0.3, 0.4) is 0 Å². The van der Waals surface area contributed by atoms with E-state index in [1.54, 1.807) is 17.5 Å². The normalized spacial score (nSPS) is 13.8. The molecule has 2 N–H and O–H groups in total. The molecule has 0 radical (unpaired) electrons. The maximum absolute atomic E-state index is 13.1. The van der Waals surface area contributed by atoms with Crippen molar-refractivity contribution < 1.29 is 4.79 Å². The number of benzene rings is 2. The van der Waals surface area contributed by atoms with Gasteiger partial charge in [-0.3, -0.25) is 4.79 Å². The Bertz CT molecular complexity index is 1190. The summed E-state index contributed by atoms with van der Waals surface area (Å²) in [7, 11) is 0. The summed E-state index contributed by atoms with van der Waals surface area (Å²) < 4.78 is 0. The van der Waals surface area contributed by atoms with E-state index in [4.69, 9.17) is 0 Å². The van der Waals surface area contributed by atoms with E-state index in [0.29, 0.717) is 5.56 Å². The fourth-order valence-corrected chi connectivity index (χ4v) is 5.64. The topological polar surface area (TPSA) is 54.0 Å². The monoisotopic (exact) mass is 439 g/mol. The number of fused-ring (bicyclic) bond motifs is 1. The van der Waals surface area contributed by atoms with Crippen LogP contribution in [0.15, 0.2) is 85.1 Å². The Morgan fingerprint density at radius 3 is 2.34 bits per heavy atom. The molecule has 0 aliphatic heterocycles. The van der Waals surface area contributed by atoms with Gasteiger partial charge in [0.25, 0.3) is 5.91 Å². The number of thiophene rings is 1. The molecule has 0 saturated carbocycles. The van der Waals surface area contributed by atoms with E-state index in [1.807, 2.05) is 54.6 Å². The van der Waals surface area contributed by atoms with Gasteiger partial charge in [-0.05, 0) is 61.1 Å². The second-order valence-corrected chi connectivity index (χ2v) is 9.08. The number of hydrogen-bond acceptors (Lipinski definition) is 4. The summed E-state index contributed by atoms with van der Waals surface area (Å²) in [6.45, 7) is 0. The summed E-state index contributed by atoms with van der Waals surface area (Å²) in [5.74, 6) is 0.743. The predicted molar refractivity (Wildman–Crippen MR) is 132 cm³/mol. The highest BCUT2D eigenvalue weighted by Gasteiger charge is 2.28. The molecule has 4 aromatic rings. The summed E-state index contributed by atoms with van der Waals surface area (Å²) in [5.41, 5.74) is 4.37. The van der Waals surface area contributed by atoms with Crippen LogP contribution in [-0.2, 0) is 12.8 Å². The summed E-state index contributed by atoms with van der Waals surface area (Å²) in [5, 5.41) is 7.82. The number of amides is 1. The first kappa shape index (κ1) is 20.5. The summed E-state index contributed by atoms with van der Waals surface area (Å²) in [4.78, 5) is 19.0. The minimum absolute atomic E-state index is 0.0740. The van der Waals surface area contributed by atoms with Crippen LogP contribution in [0.5, 0.6) is 0 Å². The third-order valence-corrected chi connectivity index (χ3v) is 7.08. The van der Waals surface area contributed by atoms with Gasteiger partial charge >= 0.3 is 0 Å². The molecule has 0 fully saturated rings. The molecule has 2 aromatic carbocycles. The molecule has 1 aliphatic rings. The highest BCUT2D eigenvalue weighted by molar-refractivity contribution is 7.16. The highest BCUT2D eigenvalue weighted by Crippen LogP contribution is 2.44. The van der Waals surface area contributed by atoms with Gasteiger partial charge in [0.05, 0.1) is 6.04 Å². The molecule has 5 heteroatoms. The van der Waals surface area contributed by atoms with Gasteiger partial charge in [0.15, 0.2) is 0 Å². The van der Waals surface area contributed by atoms with Gasteiger partial charge in [0, 0.05) is 22.2 Å². The van der Waals surface area contributed by atoms with Crippen molar-refractivity contribution in [2.75, 3.05) is 10.6 Å². The van der Waals surface area contributed by atoms with Crippen molar-refractivity contribution in [3.05, 3.63) is 112 Å². The van der Waals surface area contributed by atoms with Crippen LogP contribution in [0, 0.1) is 0 Å². The van der Waals surface area contributed by atoms with Crippen molar-refractivity contribution in [2.24, 2.45) is 0 Å². The molecular weight excluding hydrogens is 414 g/mol. The summed E-state index contributed by atoms with van der Waals surface area (Å²) >= 11 is 1.73. The molecule has 160 valence electrons. The average molecular weight is 440 g/mol. The standard InChI is InChI=1S/C27H25N3OS/c31-26(20-13-5-2-6-14-20)30-27-24(21-15-7-8-16-22(21)32-27)25(19-11-3-1-4-12-19)29-23-17-9-10-18-28-23/h1-6,9-14,17-18,25H,7-8,15-16H2,(H,28,29)(H,30,31). The predicted octanol–water partition coefficient (Wildman–Crippen LogP) is 6.48. The Labute approximate surface area is 192 Å². The van der Waals surface area contributed by atoms with E-state index in [9.17, 15) is 4.79 Å². The van der Waals surface area contributed by atoms with E-state index in [1.165, 1.54) is 28.8 Å². The minimum Gasteiger partial charge on any atom is -0.359 e. The first-order valence-corrected chi connectivity index (χ1v) is 11.8. The van der Waals surface area contributed by atoms with Crippen molar-refractivity contribution >= 4 is 28.1 Å². The SMILES string of the molecule is O=C(Nc1sc2c(c1C(Nc1ccccn1)c1ccccc1)CCCC2)c1ccccc1. The van der Waals surface area contributed by atoms with Crippen molar-refractivity contribution in [3.63, 3.8) is 0 Å². The van der Waals surface area contributed by atoms with Crippen molar-refractivity contribution in [1.29, 1.82) is 0 Å². The Kier molecular flexibility index (Phi) is 5.99. The zero-order chi connectivity index (χ0) is 21.8. The van der Waals surface area contributed by atoms with Crippen LogP contribution in [-0.4, -0.2) is 10.9 Å². The second-order valence-electron chi connectivity index (χ2n) is 7.98. The zero-order valence-corrected chi connectivity index (χ0v) is 18.6. The summed E-state index contributed by atoms with van der Waals surface area (Å²) in [6.07, 6.45) is 6.27. The first-order valence-electron chi connectivity index (χ1n) is 11.0. The maximum Gasteiger partial charge on any atom is 0.256 e. The van der Waals surface area contributed by atoms with Gasteiger partial charge < -0.3 is 10.6 Å². The largest absolute Gasteiger partial charge is 0.359 e. The molecule has 32 heavy (non-hydrogen) atoms. The number of aryl methyl sites for hydroxylation is 1. The molecule has 0 spiro atoms. The molecule has 1 amide bonds. The second kappa shape index (κ2) is 9.37. The molecule has 5 rings (SSSR count). The van der Waals surface area contributed by atoms with E-state index in [0.717, 1.165) is 29.2 Å². The number of aromatic nitrogens is 1. The zero-order valence-electron chi connectivity index (χ0n) is 17.8. The number of pyridine rings is 1. The van der Waals surface area contributed by atoms with Crippen molar-refractivity contribution in [2.45, 2.75) is 31.7 Å². The van der Waals surface area contributed by atoms with E-state index < -0.39 is 0 Å². The van der Waals surface area contributed by atoms with Crippen molar-refractivity contribution in [1.82, 2.24) is 4.98 Å². The van der Waals surface area contributed by atoms with Crippen LogP contribution in [0.1, 0.15) is 50.8 Å². The number of nitrogens with one attached hydrogen (secondary N) is 2. The Morgan fingerprint density at radius 2 is 1.59 bits per heavy atom. The number of hydrogen-bond donors (Lipinski definition) is 2. The lowest BCUT2D eigenvalue weighted by Gasteiger charge is -2.24. The quantitative estimate of drug-likeness (QED) is 0.362. The van der Waals surface area contributed by atoms with E-state index >= 15 is 0 Å². The molecule has 4 nitrogen and oxygen atoms in total. The summed E-state index contributed by atoms with van der Waals surface area (Å²) in [6, 6.07) is 25.6. The van der Waals surface area contributed by atoms with Gasteiger partial charge in [-0.15, -0.1) is 11.3 Å². The fourth-order valence-electron chi connectivity index (χ4n) is 4.32. The van der Waals surface area contributed by atoms with Gasteiger partial charge in [0.1, 0.15) is 10.8 Å². The van der Waals surface area contributed by atoms with Gasteiger partial charge in [0.2, 0.25) is 0 Å². The van der Waals surface area contributed by atoms with Crippen LogP contribution in [0.2, 0.25) is 0 Å².